The topological polar surface area (TPSA) is 81.5 Å². The first-order valence-electron chi connectivity index (χ1n) is 7.25. The summed E-state index contributed by atoms with van der Waals surface area (Å²) in [5, 5.41) is 13.6. The predicted octanol–water partition coefficient (Wildman–Crippen LogP) is 4.63. The van der Waals surface area contributed by atoms with Gasteiger partial charge in [0.1, 0.15) is 5.60 Å². The summed E-state index contributed by atoms with van der Waals surface area (Å²) in [5.74, 6) is 0. The van der Waals surface area contributed by atoms with Crippen LogP contribution in [0.3, 0.4) is 0 Å². The maximum absolute atomic E-state index is 12.0. The number of nitrogens with one attached hydrogen (secondary N) is 1. The molecule has 6 nitrogen and oxygen atoms in total. The first kappa shape index (κ1) is 17.9. The molecule has 0 aliphatic rings. The number of carbonyl (C=O) groups is 1. The van der Waals surface area contributed by atoms with Crippen molar-refractivity contribution in [2.24, 2.45) is 0 Å². The number of nitrogens with zero attached hydrogens (tertiary/aromatic N) is 1. The van der Waals surface area contributed by atoms with Crippen molar-refractivity contribution in [2.75, 3.05) is 5.32 Å². The lowest BCUT2D eigenvalue weighted by atomic mass is 9.81. The van der Waals surface area contributed by atoms with Crippen molar-refractivity contribution in [3.8, 4) is 0 Å². The van der Waals surface area contributed by atoms with Crippen LogP contribution in [-0.4, -0.2) is 16.6 Å². The van der Waals surface area contributed by atoms with Gasteiger partial charge in [-0.05, 0) is 44.2 Å². The third-order valence-corrected chi connectivity index (χ3v) is 3.46. The number of nitro benzene ring substituents is 1. The van der Waals surface area contributed by atoms with Crippen LogP contribution in [0.15, 0.2) is 18.2 Å². The minimum atomic E-state index is -0.634. The van der Waals surface area contributed by atoms with E-state index in [0.29, 0.717) is 5.69 Å². The van der Waals surface area contributed by atoms with Crippen molar-refractivity contribution in [1.29, 1.82) is 0 Å². The molecule has 0 fully saturated rings. The van der Waals surface area contributed by atoms with Crippen LogP contribution < -0.4 is 5.32 Å². The molecule has 0 aliphatic carbocycles. The Hall–Kier alpha value is -2.11. The summed E-state index contributed by atoms with van der Waals surface area (Å²) in [6.45, 7) is 11.4. The van der Waals surface area contributed by atoms with Gasteiger partial charge in [-0.15, -0.1) is 0 Å². The third kappa shape index (κ3) is 4.72. The monoisotopic (exact) mass is 308 g/mol. The van der Waals surface area contributed by atoms with Gasteiger partial charge in [0.2, 0.25) is 0 Å². The summed E-state index contributed by atoms with van der Waals surface area (Å²) in [4.78, 5) is 22.5. The first-order valence-corrected chi connectivity index (χ1v) is 7.25. The molecule has 1 aromatic carbocycles. The van der Waals surface area contributed by atoms with Gasteiger partial charge in [0.25, 0.3) is 5.69 Å². The zero-order valence-corrected chi connectivity index (χ0v) is 14.0. The maximum Gasteiger partial charge on any atom is 0.412 e. The molecular weight excluding hydrogens is 284 g/mol. The molecule has 1 amide bonds. The number of nitro groups is 1. The van der Waals surface area contributed by atoms with Gasteiger partial charge in [-0.1, -0.05) is 20.8 Å². The highest BCUT2D eigenvalue weighted by molar-refractivity contribution is 5.87. The fraction of sp³-hybridized carbons (Fsp3) is 0.562. The Morgan fingerprint density at radius 1 is 1.27 bits per heavy atom. The molecular formula is C16H24N2O4. The largest absolute Gasteiger partial charge is 0.444 e. The van der Waals surface area contributed by atoms with Crippen molar-refractivity contribution in [3.05, 3.63) is 33.9 Å². The summed E-state index contributed by atoms with van der Waals surface area (Å²) < 4.78 is 5.22. The van der Waals surface area contributed by atoms with Gasteiger partial charge in [0.15, 0.2) is 0 Å². The molecule has 0 spiro atoms. The van der Waals surface area contributed by atoms with E-state index in [1.807, 2.05) is 20.8 Å². The Labute approximate surface area is 131 Å². The smallest absolute Gasteiger partial charge is 0.412 e. The van der Waals surface area contributed by atoms with E-state index in [1.54, 1.807) is 26.8 Å². The second kappa shape index (κ2) is 6.34. The maximum atomic E-state index is 12.0. The number of anilines is 1. The van der Waals surface area contributed by atoms with E-state index in [9.17, 15) is 14.9 Å². The number of ether oxygens (including phenoxy) is 1. The highest BCUT2D eigenvalue weighted by Crippen LogP contribution is 2.35. The molecule has 0 aromatic heterocycles. The lowest BCUT2D eigenvalue weighted by Gasteiger charge is -2.27. The fourth-order valence-electron chi connectivity index (χ4n) is 1.94. The van der Waals surface area contributed by atoms with E-state index < -0.39 is 16.6 Å². The SMILES string of the molecule is CCC(C)(C)c1ccc([N+](=O)[O-])cc1NC(=O)OC(C)(C)C. The Bertz CT molecular complexity index is 574. The second-order valence-corrected chi connectivity index (χ2v) is 6.85. The second-order valence-electron chi connectivity index (χ2n) is 6.85. The van der Waals surface area contributed by atoms with Gasteiger partial charge in [-0.3, -0.25) is 15.4 Å². The van der Waals surface area contributed by atoms with Gasteiger partial charge >= 0.3 is 6.09 Å². The van der Waals surface area contributed by atoms with Crippen LogP contribution in [0, 0.1) is 10.1 Å². The minimum Gasteiger partial charge on any atom is -0.444 e. The quantitative estimate of drug-likeness (QED) is 0.649. The number of rotatable bonds is 4. The Balaban J connectivity index is 3.21. The molecule has 0 radical (unpaired) electrons. The first-order chi connectivity index (χ1) is 9.96. The summed E-state index contributed by atoms with van der Waals surface area (Å²) in [6.07, 6.45) is 0.203. The number of amides is 1. The van der Waals surface area contributed by atoms with Crippen molar-refractivity contribution in [2.45, 2.75) is 59.0 Å². The Kier molecular flexibility index (Phi) is 5.17. The number of non-ortho nitro benzene ring substituents is 1. The number of carbonyl (C=O) groups excluding carboxylic acids is 1. The molecule has 1 rings (SSSR count). The Morgan fingerprint density at radius 3 is 2.32 bits per heavy atom. The van der Waals surface area contributed by atoms with E-state index >= 15 is 0 Å². The van der Waals surface area contributed by atoms with Crippen molar-refractivity contribution in [1.82, 2.24) is 0 Å². The molecule has 0 saturated carbocycles. The van der Waals surface area contributed by atoms with Crippen LogP contribution in [0.1, 0.15) is 53.5 Å². The normalized spacial score (nSPS) is 11.9. The van der Waals surface area contributed by atoms with E-state index in [-0.39, 0.29) is 11.1 Å². The lowest BCUT2D eigenvalue weighted by Crippen LogP contribution is -2.28. The standard InChI is InChI=1S/C16H24N2O4/c1-7-16(5,6)12-9-8-11(18(20)21)10-13(12)17-14(19)22-15(2,3)4/h8-10H,7H2,1-6H3,(H,17,19). The molecule has 0 heterocycles. The zero-order valence-electron chi connectivity index (χ0n) is 14.0. The van der Waals surface area contributed by atoms with Crippen LogP contribution in [0.25, 0.3) is 0 Å². The van der Waals surface area contributed by atoms with Gasteiger partial charge in [0.05, 0.1) is 10.6 Å². The van der Waals surface area contributed by atoms with Crippen LogP contribution in [-0.2, 0) is 10.2 Å². The molecule has 0 atom stereocenters. The average molecular weight is 308 g/mol. The molecule has 0 aliphatic heterocycles. The minimum absolute atomic E-state index is 0.0679. The molecule has 22 heavy (non-hydrogen) atoms. The molecule has 1 N–H and O–H groups in total. The third-order valence-electron chi connectivity index (χ3n) is 3.46. The summed E-state index contributed by atoms with van der Waals surface area (Å²) >= 11 is 0. The van der Waals surface area contributed by atoms with Crippen molar-refractivity contribution >= 4 is 17.5 Å². The van der Waals surface area contributed by atoms with Crippen LogP contribution >= 0.6 is 0 Å². The highest BCUT2D eigenvalue weighted by Gasteiger charge is 2.25. The summed E-state index contributed by atoms with van der Waals surface area (Å²) in [6, 6.07) is 4.51. The van der Waals surface area contributed by atoms with E-state index in [0.717, 1.165) is 12.0 Å². The average Bonchev–Trinajstić information content (AvgIpc) is 2.35. The lowest BCUT2D eigenvalue weighted by molar-refractivity contribution is -0.384. The number of hydrogen-bond acceptors (Lipinski definition) is 4. The van der Waals surface area contributed by atoms with E-state index in [2.05, 4.69) is 5.32 Å². The molecule has 1 aromatic rings. The van der Waals surface area contributed by atoms with E-state index in [4.69, 9.17) is 4.74 Å². The van der Waals surface area contributed by atoms with Gasteiger partial charge in [0, 0.05) is 12.1 Å². The van der Waals surface area contributed by atoms with Crippen LogP contribution in [0.2, 0.25) is 0 Å². The van der Waals surface area contributed by atoms with Crippen LogP contribution in [0.4, 0.5) is 16.2 Å². The molecule has 122 valence electrons. The van der Waals surface area contributed by atoms with Crippen LogP contribution in [0.5, 0.6) is 0 Å². The van der Waals surface area contributed by atoms with Gasteiger partial charge in [-0.2, -0.15) is 0 Å². The highest BCUT2D eigenvalue weighted by atomic mass is 16.6. The number of hydrogen-bond donors (Lipinski definition) is 1. The van der Waals surface area contributed by atoms with Crippen molar-refractivity contribution in [3.63, 3.8) is 0 Å². The van der Waals surface area contributed by atoms with Gasteiger partial charge < -0.3 is 4.74 Å². The van der Waals surface area contributed by atoms with E-state index in [1.165, 1.54) is 12.1 Å². The molecule has 6 heteroatoms. The molecule has 0 bridgehead atoms. The summed E-state index contributed by atoms with van der Waals surface area (Å²) in [5.41, 5.74) is 0.327. The molecule has 0 unspecified atom stereocenters. The van der Waals surface area contributed by atoms with Crippen molar-refractivity contribution < 1.29 is 14.5 Å². The summed E-state index contributed by atoms with van der Waals surface area (Å²) in [7, 11) is 0. The predicted molar refractivity (Wildman–Crippen MR) is 86.3 cm³/mol. The number of benzene rings is 1. The molecule has 0 saturated heterocycles. The van der Waals surface area contributed by atoms with Gasteiger partial charge in [-0.25, -0.2) is 4.79 Å². The Morgan fingerprint density at radius 2 is 1.86 bits per heavy atom. The fourth-order valence-corrected chi connectivity index (χ4v) is 1.94. The zero-order chi connectivity index (χ0) is 17.1.